The number of aromatic nitrogens is 2. The first-order valence-corrected chi connectivity index (χ1v) is 12.6. The molecule has 1 aliphatic rings. The minimum atomic E-state index is -0.721. The predicted molar refractivity (Wildman–Crippen MR) is 145 cm³/mol. The molecule has 0 atom stereocenters. The lowest BCUT2D eigenvalue weighted by atomic mass is 10.0. The molecule has 2 amide bonds. The van der Waals surface area contributed by atoms with Crippen LogP contribution in [-0.2, 0) is 6.54 Å². The van der Waals surface area contributed by atoms with Gasteiger partial charge in [0.05, 0.1) is 17.2 Å². The number of benzene rings is 2. The Balaban J connectivity index is 1.28. The van der Waals surface area contributed by atoms with E-state index in [1.165, 1.54) is 24.5 Å². The van der Waals surface area contributed by atoms with Crippen molar-refractivity contribution in [1.82, 2.24) is 19.8 Å². The number of ether oxygens (including phenoxy) is 1. The van der Waals surface area contributed by atoms with E-state index < -0.39 is 5.91 Å². The Morgan fingerprint density at radius 2 is 1.68 bits per heavy atom. The first kappa shape index (κ1) is 26.5. The van der Waals surface area contributed by atoms with E-state index >= 15 is 0 Å². The van der Waals surface area contributed by atoms with Crippen LogP contribution in [0.2, 0.25) is 0 Å². The Hall–Kier alpha value is -5.14. The zero-order valence-corrected chi connectivity index (χ0v) is 21.5. The Morgan fingerprint density at radius 3 is 2.30 bits per heavy atom. The zero-order valence-electron chi connectivity index (χ0n) is 21.5. The van der Waals surface area contributed by atoms with Gasteiger partial charge in [0.25, 0.3) is 11.8 Å². The van der Waals surface area contributed by atoms with Crippen LogP contribution in [0.5, 0.6) is 11.6 Å². The number of primary amides is 1. The molecular weight excluding hydrogens is 511 g/mol. The van der Waals surface area contributed by atoms with Gasteiger partial charge in [0.1, 0.15) is 17.3 Å². The largest absolute Gasteiger partial charge is 0.439 e. The molecule has 3 heterocycles. The lowest BCUT2D eigenvalue weighted by Gasteiger charge is -2.34. The van der Waals surface area contributed by atoms with Gasteiger partial charge in [-0.15, -0.1) is 0 Å². The summed E-state index contributed by atoms with van der Waals surface area (Å²) < 4.78 is 18.9. The summed E-state index contributed by atoms with van der Waals surface area (Å²) in [6.45, 7) is 3.08. The minimum absolute atomic E-state index is 0.0308. The molecular formula is C30H25FN6O3. The minimum Gasteiger partial charge on any atom is -0.439 e. The molecule has 1 fully saturated rings. The predicted octanol–water partition coefficient (Wildman–Crippen LogP) is 4.00. The van der Waals surface area contributed by atoms with Gasteiger partial charge in [0.15, 0.2) is 0 Å². The molecule has 2 aromatic carbocycles. The fraction of sp³-hybridized carbons (Fsp3) is 0.167. The molecule has 0 saturated carbocycles. The van der Waals surface area contributed by atoms with E-state index in [0.717, 1.165) is 5.56 Å². The Labute approximate surface area is 230 Å². The van der Waals surface area contributed by atoms with E-state index in [-0.39, 0.29) is 17.4 Å². The number of piperazine rings is 1. The van der Waals surface area contributed by atoms with Crippen LogP contribution >= 0.6 is 0 Å². The zero-order chi connectivity index (χ0) is 28.1. The highest BCUT2D eigenvalue weighted by Crippen LogP contribution is 2.27. The number of halogens is 1. The number of carbonyl (C=O) groups is 2. The van der Waals surface area contributed by atoms with Crippen LogP contribution in [0.25, 0.3) is 11.1 Å². The average Bonchev–Trinajstić information content (AvgIpc) is 2.99. The molecule has 9 nitrogen and oxygen atoms in total. The molecule has 0 radical (unpaired) electrons. The molecule has 1 saturated heterocycles. The SMILES string of the molecule is N#Cc1ccc(Oc2ccc(-c3cc(C(=O)N4CCN(Cc5ccc(F)cc5)CC4)cnc3C(N)=O)cn2)cc1. The van der Waals surface area contributed by atoms with Crippen molar-refractivity contribution in [3.8, 4) is 28.8 Å². The molecule has 4 aromatic rings. The number of amides is 2. The molecule has 0 unspecified atom stereocenters. The van der Waals surface area contributed by atoms with E-state index in [2.05, 4.69) is 14.9 Å². The van der Waals surface area contributed by atoms with E-state index in [0.29, 0.717) is 66.6 Å². The molecule has 5 rings (SSSR count). The van der Waals surface area contributed by atoms with E-state index in [1.807, 2.05) is 6.07 Å². The maximum Gasteiger partial charge on any atom is 0.267 e. The summed E-state index contributed by atoms with van der Waals surface area (Å²) in [5.74, 6) is -0.351. The highest BCUT2D eigenvalue weighted by molar-refractivity contribution is 6.01. The standard InChI is InChI=1S/C30H25FN6O3/c31-24-6-1-21(2-7-24)19-36-11-13-37(14-12-36)30(39)23-15-26(28(29(33)38)35-18-23)22-5-10-27(34-17-22)40-25-8-3-20(16-32)4-9-25/h1-10,15,17-18H,11-14,19H2,(H2,33,38). The summed E-state index contributed by atoms with van der Waals surface area (Å²) in [6, 6.07) is 20.0. The summed E-state index contributed by atoms with van der Waals surface area (Å²) >= 11 is 0. The number of carbonyl (C=O) groups excluding carboxylic acids is 2. The van der Waals surface area contributed by atoms with Crippen molar-refractivity contribution in [2.45, 2.75) is 6.54 Å². The van der Waals surface area contributed by atoms with Crippen molar-refractivity contribution in [2.24, 2.45) is 5.73 Å². The third-order valence-electron chi connectivity index (χ3n) is 6.60. The summed E-state index contributed by atoms with van der Waals surface area (Å²) in [5.41, 5.74) is 8.41. The molecule has 10 heteroatoms. The van der Waals surface area contributed by atoms with Gasteiger partial charge in [-0.1, -0.05) is 12.1 Å². The monoisotopic (exact) mass is 536 g/mol. The van der Waals surface area contributed by atoms with Crippen LogP contribution in [0.3, 0.4) is 0 Å². The average molecular weight is 537 g/mol. The number of hydrogen-bond donors (Lipinski definition) is 1. The first-order chi connectivity index (χ1) is 19.4. The van der Waals surface area contributed by atoms with Crippen LogP contribution in [0.15, 0.2) is 79.1 Å². The summed E-state index contributed by atoms with van der Waals surface area (Å²) in [5, 5.41) is 8.94. The second-order valence-corrected chi connectivity index (χ2v) is 9.30. The smallest absolute Gasteiger partial charge is 0.267 e. The van der Waals surface area contributed by atoms with Gasteiger partial charge in [-0.2, -0.15) is 5.26 Å². The lowest BCUT2D eigenvalue weighted by Crippen LogP contribution is -2.48. The maximum atomic E-state index is 13.3. The van der Waals surface area contributed by atoms with Crippen LogP contribution in [-0.4, -0.2) is 57.8 Å². The molecule has 0 spiro atoms. The highest BCUT2D eigenvalue weighted by Gasteiger charge is 2.24. The van der Waals surface area contributed by atoms with Crippen molar-refractivity contribution in [2.75, 3.05) is 26.2 Å². The van der Waals surface area contributed by atoms with Crippen LogP contribution in [0.4, 0.5) is 4.39 Å². The third kappa shape index (κ3) is 6.11. The van der Waals surface area contributed by atoms with Crippen molar-refractivity contribution in [1.29, 1.82) is 5.26 Å². The summed E-state index contributed by atoms with van der Waals surface area (Å²) in [7, 11) is 0. The normalized spacial score (nSPS) is 13.4. The van der Waals surface area contributed by atoms with Crippen molar-refractivity contribution >= 4 is 11.8 Å². The van der Waals surface area contributed by atoms with Gasteiger partial charge in [-0.25, -0.2) is 14.4 Å². The fourth-order valence-electron chi connectivity index (χ4n) is 4.46. The molecule has 40 heavy (non-hydrogen) atoms. The Morgan fingerprint density at radius 1 is 0.950 bits per heavy atom. The van der Waals surface area contributed by atoms with E-state index in [9.17, 15) is 14.0 Å². The Bertz CT molecular complexity index is 1560. The van der Waals surface area contributed by atoms with E-state index in [4.69, 9.17) is 15.7 Å². The second kappa shape index (κ2) is 11.7. The lowest BCUT2D eigenvalue weighted by molar-refractivity contribution is 0.0627. The highest BCUT2D eigenvalue weighted by atomic mass is 19.1. The molecule has 200 valence electrons. The van der Waals surface area contributed by atoms with Gasteiger partial charge >= 0.3 is 0 Å². The summed E-state index contributed by atoms with van der Waals surface area (Å²) in [6.07, 6.45) is 2.89. The quantitative estimate of drug-likeness (QED) is 0.378. The van der Waals surface area contributed by atoms with E-state index in [1.54, 1.807) is 59.5 Å². The van der Waals surface area contributed by atoms with Gasteiger partial charge in [-0.05, 0) is 54.1 Å². The number of hydrogen-bond acceptors (Lipinski definition) is 7. The number of nitriles is 1. The molecule has 1 aliphatic heterocycles. The van der Waals surface area contributed by atoms with Crippen LogP contribution < -0.4 is 10.5 Å². The second-order valence-electron chi connectivity index (χ2n) is 9.30. The number of rotatable bonds is 7. The van der Waals surface area contributed by atoms with Crippen molar-refractivity contribution < 1.29 is 18.7 Å². The summed E-state index contributed by atoms with van der Waals surface area (Å²) in [4.78, 5) is 37.9. The third-order valence-corrected chi connectivity index (χ3v) is 6.60. The molecule has 0 bridgehead atoms. The van der Waals surface area contributed by atoms with Gasteiger partial charge in [-0.3, -0.25) is 14.5 Å². The van der Waals surface area contributed by atoms with Crippen LogP contribution in [0.1, 0.15) is 32.0 Å². The van der Waals surface area contributed by atoms with Crippen molar-refractivity contribution in [3.63, 3.8) is 0 Å². The molecule has 2 N–H and O–H groups in total. The van der Waals surface area contributed by atoms with Crippen LogP contribution in [0, 0.1) is 17.1 Å². The van der Waals surface area contributed by atoms with Gasteiger partial charge in [0, 0.05) is 62.3 Å². The number of nitrogens with zero attached hydrogens (tertiary/aromatic N) is 5. The fourth-order valence-corrected chi connectivity index (χ4v) is 4.46. The van der Waals surface area contributed by atoms with Crippen molar-refractivity contribution in [3.05, 3.63) is 107 Å². The van der Waals surface area contributed by atoms with Gasteiger partial charge in [0.2, 0.25) is 5.88 Å². The topological polar surface area (TPSA) is 125 Å². The molecule has 0 aliphatic carbocycles. The first-order valence-electron chi connectivity index (χ1n) is 12.6. The van der Waals surface area contributed by atoms with Gasteiger partial charge < -0.3 is 15.4 Å². The Kier molecular flexibility index (Phi) is 7.75. The maximum absolute atomic E-state index is 13.3. The molecule has 2 aromatic heterocycles. The number of nitrogens with two attached hydrogens (primary N) is 1. The number of pyridine rings is 2.